The van der Waals surface area contributed by atoms with Crippen LogP contribution in [0, 0.1) is 0 Å². The lowest BCUT2D eigenvalue weighted by Crippen LogP contribution is -2.50. The lowest BCUT2D eigenvalue weighted by Gasteiger charge is -2.24. The fourth-order valence-corrected chi connectivity index (χ4v) is 2.48. The van der Waals surface area contributed by atoms with E-state index in [1.807, 2.05) is 5.32 Å². The molecule has 1 heterocycles. The maximum atomic E-state index is 12.2. The Morgan fingerprint density at radius 3 is 2.50 bits per heavy atom. The van der Waals surface area contributed by atoms with Gasteiger partial charge >= 0.3 is 12.2 Å². The van der Waals surface area contributed by atoms with E-state index in [1.54, 1.807) is 12.1 Å². The van der Waals surface area contributed by atoms with Crippen molar-refractivity contribution in [1.82, 2.24) is 15.5 Å². The van der Waals surface area contributed by atoms with Gasteiger partial charge in [0.1, 0.15) is 18.3 Å². The van der Waals surface area contributed by atoms with E-state index in [-0.39, 0.29) is 12.3 Å². The number of hydrogen-bond donors (Lipinski definition) is 3. The molecule has 1 aliphatic heterocycles. The van der Waals surface area contributed by atoms with Crippen LogP contribution in [0.4, 0.5) is 18.0 Å². The number of likely N-dealkylation sites (tertiary alicyclic amines) is 1. The van der Waals surface area contributed by atoms with Crippen LogP contribution < -0.4 is 10.6 Å². The molecule has 1 aromatic carbocycles. The van der Waals surface area contributed by atoms with E-state index in [2.05, 4.69) is 5.32 Å². The van der Waals surface area contributed by atoms with Crippen molar-refractivity contribution in [3.8, 4) is 5.75 Å². The van der Waals surface area contributed by atoms with Crippen molar-refractivity contribution in [2.45, 2.75) is 31.6 Å². The molecule has 0 radical (unpaired) electrons. The van der Waals surface area contributed by atoms with E-state index in [0.717, 1.165) is 5.56 Å². The van der Waals surface area contributed by atoms with Gasteiger partial charge in [0, 0.05) is 13.1 Å². The molecule has 1 aromatic rings. The number of halogens is 3. The normalized spacial score (nSPS) is 17.6. The SMILES string of the molecule is O=C(NCC(F)(F)F)C1CCCN1C(=O)NCc1ccc(O)cc1. The van der Waals surface area contributed by atoms with Gasteiger partial charge in [-0.3, -0.25) is 4.79 Å². The molecule has 0 bridgehead atoms. The van der Waals surface area contributed by atoms with Gasteiger partial charge in [0.15, 0.2) is 0 Å². The van der Waals surface area contributed by atoms with Crippen molar-refractivity contribution in [1.29, 1.82) is 0 Å². The maximum Gasteiger partial charge on any atom is 0.405 e. The van der Waals surface area contributed by atoms with Crippen LogP contribution in [-0.4, -0.2) is 47.3 Å². The Bertz CT molecular complexity index is 590. The third kappa shape index (κ3) is 5.04. The smallest absolute Gasteiger partial charge is 0.405 e. The topological polar surface area (TPSA) is 81.7 Å². The molecule has 3 N–H and O–H groups in total. The predicted molar refractivity (Wildman–Crippen MR) is 79.1 cm³/mol. The molecule has 1 fully saturated rings. The van der Waals surface area contributed by atoms with Crippen molar-refractivity contribution >= 4 is 11.9 Å². The monoisotopic (exact) mass is 345 g/mol. The molecule has 132 valence electrons. The van der Waals surface area contributed by atoms with Crippen LogP contribution in [0.15, 0.2) is 24.3 Å². The summed E-state index contributed by atoms with van der Waals surface area (Å²) in [5, 5.41) is 13.6. The number of aromatic hydroxyl groups is 1. The van der Waals surface area contributed by atoms with Crippen LogP contribution in [0.5, 0.6) is 5.75 Å². The lowest BCUT2D eigenvalue weighted by atomic mass is 10.2. The molecule has 1 saturated heterocycles. The van der Waals surface area contributed by atoms with Crippen LogP contribution in [0.1, 0.15) is 18.4 Å². The largest absolute Gasteiger partial charge is 0.508 e. The molecule has 6 nitrogen and oxygen atoms in total. The number of rotatable bonds is 4. The maximum absolute atomic E-state index is 12.2. The molecule has 1 aliphatic rings. The number of amides is 3. The van der Waals surface area contributed by atoms with E-state index < -0.39 is 30.7 Å². The van der Waals surface area contributed by atoms with Crippen molar-refractivity contribution < 1.29 is 27.9 Å². The summed E-state index contributed by atoms with van der Waals surface area (Å²) in [7, 11) is 0. The minimum atomic E-state index is -4.49. The highest BCUT2D eigenvalue weighted by atomic mass is 19.4. The van der Waals surface area contributed by atoms with Crippen LogP contribution in [0.2, 0.25) is 0 Å². The van der Waals surface area contributed by atoms with E-state index in [1.165, 1.54) is 17.0 Å². The average molecular weight is 345 g/mol. The second-order valence-electron chi connectivity index (χ2n) is 5.51. The fraction of sp³-hybridized carbons (Fsp3) is 0.467. The first kappa shape index (κ1) is 17.9. The number of alkyl halides is 3. The van der Waals surface area contributed by atoms with E-state index >= 15 is 0 Å². The van der Waals surface area contributed by atoms with Crippen molar-refractivity contribution in [2.75, 3.05) is 13.1 Å². The van der Waals surface area contributed by atoms with Crippen LogP contribution >= 0.6 is 0 Å². The summed E-state index contributed by atoms with van der Waals surface area (Å²) >= 11 is 0. The first-order valence-corrected chi connectivity index (χ1v) is 7.43. The van der Waals surface area contributed by atoms with Gasteiger partial charge < -0.3 is 20.6 Å². The van der Waals surface area contributed by atoms with Gasteiger partial charge in [-0.25, -0.2) is 4.79 Å². The van der Waals surface area contributed by atoms with Crippen molar-refractivity contribution in [2.24, 2.45) is 0 Å². The highest BCUT2D eigenvalue weighted by Crippen LogP contribution is 2.19. The molecule has 3 amide bonds. The average Bonchev–Trinajstić information content (AvgIpc) is 3.01. The lowest BCUT2D eigenvalue weighted by molar-refractivity contribution is -0.140. The third-order valence-electron chi connectivity index (χ3n) is 3.66. The molecule has 0 saturated carbocycles. The summed E-state index contributed by atoms with van der Waals surface area (Å²) < 4.78 is 36.5. The molecular weight excluding hydrogens is 327 g/mol. The van der Waals surface area contributed by atoms with Crippen LogP contribution in [0.3, 0.4) is 0 Å². The molecule has 0 spiro atoms. The summed E-state index contributed by atoms with van der Waals surface area (Å²) in [6, 6.07) is 4.82. The minimum absolute atomic E-state index is 0.103. The molecule has 9 heteroatoms. The van der Waals surface area contributed by atoms with Crippen LogP contribution in [0.25, 0.3) is 0 Å². The highest BCUT2D eigenvalue weighted by Gasteiger charge is 2.36. The van der Waals surface area contributed by atoms with E-state index in [9.17, 15) is 27.9 Å². The highest BCUT2D eigenvalue weighted by molar-refractivity contribution is 5.87. The third-order valence-corrected chi connectivity index (χ3v) is 3.66. The Morgan fingerprint density at radius 1 is 1.21 bits per heavy atom. The number of phenols is 1. The summed E-state index contributed by atoms with van der Waals surface area (Å²) in [4.78, 5) is 25.3. The Labute approximate surface area is 136 Å². The molecular formula is C15H18F3N3O3. The van der Waals surface area contributed by atoms with Gasteiger partial charge in [-0.05, 0) is 30.5 Å². The number of nitrogens with zero attached hydrogens (tertiary/aromatic N) is 1. The molecule has 1 atom stereocenters. The summed E-state index contributed by atoms with van der Waals surface area (Å²) in [6.45, 7) is -0.913. The standard InChI is InChI=1S/C15H18F3N3O3/c16-15(17,18)9-20-13(23)12-2-1-7-21(12)14(24)19-8-10-3-5-11(22)6-4-10/h3-6,12,22H,1-2,7-9H2,(H,19,24)(H,20,23). The van der Waals surface area contributed by atoms with Crippen molar-refractivity contribution in [3.63, 3.8) is 0 Å². The van der Waals surface area contributed by atoms with Crippen molar-refractivity contribution in [3.05, 3.63) is 29.8 Å². The van der Waals surface area contributed by atoms with E-state index in [0.29, 0.717) is 19.4 Å². The number of benzene rings is 1. The van der Waals surface area contributed by atoms with Gasteiger partial charge in [0.05, 0.1) is 0 Å². The molecule has 1 unspecified atom stereocenters. The van der Waals surface area contributed by atoms with Crippen LogP contribution in [-0.2, 0) is 11.3 Å². The number of carbonyl (C=O) groups is 2. The number of urea groups is 1. The molecule has 2 rings (SSSR count). The second-order valence-corrected chi connectivity index (χ2v) is 5.51. The zero-order valence-corrected chi connectivity index (χ0v) is 12.8. The molecule has 24 heavy (non-hydrogen) atoms. The fourth-order valence-electron chi connectivity index (χ4n) is 2.48. The summed E-state index contributed by atoms with van der Waals surface area (Å²) in [5.41, 5.74) is 0.749. The number of nitrogens with one attached hydrogen (secondary N) is 2. The van der Waals surface area contributed by atoms with Gasteiger partial charge in [0.2, 0.25) is 5.91 Å². The predicted octanol–water partition coefficient (Wildman–Crippen LogP) is 1.74. The number of carbonyl (C=O) groups excluding carboxylic acids is 2. The zero-order valence-electron chi connectivity index (χ0n) is 12.8. The summed E-state index contributed by atoms with van der Waals surface area (Å²) in [6.07, 6.45) is -3.60. The number of hydrogen-bond acceptors (Lipinski definition) is 3. The van der Waals surface area contributed by atoms with Gasteiger partial charge in [0.25, 0.3) is 0 Å². The second kappa shape index (κ2) is 7.41. The van der Waals surface area contributed by atoms with Gasteiger partial charge in [-0.15, -0.1) is 0 Å². The quantitative estimate of drug-likeness (QED) is 0.778. The number of phenolic OH excluding ortho intramolecular Hbond substituents is 1. The Morgan fingerprint density at radius 2 is 1.88 bits per heavy atom. The van der Waals surface area contributed by atoms with Gasteiger partial charge in [-0.2, -0.15) is 13.2 Å². The first-order chi connectivity index (χ1) is 11.3. The van der Waals surface area contributed by atoms with E-state index in [4.69, 9.17) is 0 Å². The Kier molecular flexibility index (Phi) is 5.53. The molecule has 0 aliphatic carbocycles. The Hall–Kier alpha value is -2.45. The first-order valence-electron chi connectivity index (χ1n) is 7.43. The summed E-state index contributed by atoms with van der Waals surface area (Å²) in [5.74, 6) is -0.698. The minimum Gasteiger partial charge on any atom is -0.508 e. The zero-order chi connectivity index (χ0) is 17.7. The van der Waals surface area contributed by atoms with Gasteiger partial charge in [-0.1, -0.05) is 12.1 Å². The molecule has 0 aromatic heterocycles. The Balaban J connectivity index is 1.88.